The van der Waals surface area contributed by atoms with Crippen LogP contribution in [0.1, 0.15) is 0 Å². The number of nitrogens with one attached hydrogen (secondary N) is 2. The van der Waals surface area contributed by atoms with Gasteiger partial charge in [-0.05, 0) is 24.3 Å². The van der Waals surface area contributed by atoms with Gasteiger partial charge < -0.3 is 15.8 Å². The van der Waals surface area contributed by atoms with Gasteiger partial charge in [-0.2, -0.15) is 0 Å². The van der Waals surface area contributed by atoms with Crippen LogP contribution in [0, 0.1) is 0 Å². The minimum atomic E-state index is -0.312. The van der Waals surface area contributed by atoms with Gasteiger partial charge in [0.15, 0.2) is 5.95 Å². The molecule has 0 amide bonds. The molecule has 0 fully saturated rings. The first-order valence-electron chi connectivity index (χ1n) is 4.95. The van der Waals surface area contributed by atoms with E-state index >= 15 is 0 Å². The van der Waals surface area contributed by atoms with E-state index in [1.807, 2.05) is 0 Å². The van der Waals surface area contributed by atoms with E-state index < -0.39 is 0 Å². The van der Waals surface area contributed by atoms with Crippen LogP contribution in [0.3, 0.4) is 0 Å². The number of benzene rings is 1. The fourth-order valence-corrected chi connectivity index (χ4v) is 1.33. The summed E-state index contributed by atoms with van der Waals surface area (Å²) in [6.07, 6.45) is 1.39. The normalized spacial score (nSPS) is 9.94. The molecule has 0 spiro atoms. The standard InChI is InChI=1S/C11H12N4O2/c1-17-8-4-2-7(3-5-8)14-9-6-13-11(12)15-10(9)16/h2-6,14H,1H3,(H3,12,13,15,16). The molecule has 0 saturated carbocycles. The van der Waals surface area contributed by atoms with Crippen molar-refractivity contribution in [3.8, 4) is 5.75 Å². The van der Waals surface area contributed by atoms with Crippen molar-refractivity contribution in [2.75, 3.05) is 18.2 Å². The van der Waals surface area contributed by atoms with Crippen LogP contribution in [-0.4, -0.2) is 17.1 Å². The summed E-state index contributed by atoms with van der Waals surface area (Å²) >= 11 is 0. The van der Waals surface area contributed by atoms with E-state index in [0.29, 0.717) is 5.69 Å². The molecule has 88 valence electrons. The van der Waals surface area contributed by atoms with Crippen molar-refractivity contribution in [3.05, 3.63) is 40.8 Å². The Kier molecular flexibility index (Phi) is 2.95. The van der Waals surface area contributed by atoms with E-state index in [9.17, 15) is 4.79 Å². The highest BCUT2D eigenvalue weighted by molar-refractivity contribution is 5.58. The molecule has 4 N–H and O–H groups in total. The van der Waals surface area contributed by atoms with Crippen molar-refractivity contribution in [1.82, 2.24) is 9.97 Å². The van der Waals surface area contributed by atoms with Crippen molar-refractivity contribution < 1.29 is 4.74 Å². The second-order valence-corrected chi connectivity index (χ2v) is 3.36. The molecule has 1 aromatic carbocycles. The van der Waals surface area contributed by atoms with Gasteiger partial charge in [0.2, 0.25) is 0 Å². The fourth-order valence-electron chi connectivity index (χ4n) is 1.33. The predicted molar refractivity (Wildman–Crippen MR) is 65.5 cm³/mol. The Hall–Kier alpha value is -2.50. The van der Waals surface area contributed by atoms with Crippen LogP contribution < -0.4 is 21.3 Å². The van der Waals surface area contributed by atoms with Crippen molar-refractivity contribution in [2.24, 2.45) is 0 Å². The number of nitrogens with zero attached hydrogens (tertiary/aromatic N) is 1. The largest absolute Gasteiger partial charge is 0.497 e. The van der Waals surface area contributed by atoms with Gasteiger partial charge >= 0.3 is 0 Å². The lowest BCUT2D eigenvalue weighted by Crippen LogP contribution is -2.14. The topological polar surface area (TPSA) is 93.0 Å². The number of nitrogen functional groups attached to an aromatic ring is 1. The zero-order valence-electron chi connectivity index (χ0n) is 9.23. The number of aromatic amines is 1. The van der Waals surface area contributed by atoms with E-state index in [1.165, 1.54) is 6.20 Å². The van der Waals surface area contributed by atoms with Crippen molar-refractivity contribution in [1.29, 1.82) is 0 Å². The molecule has 0 aliphatic heterocycles. The highest BCUT2D eigenvalue weighted by Gasteiger charge is 2.01. The molecule has 0 unspecified atom stereocenters. The van der Waals surface area contributed by atoms with Gasteiger partial charge in [-0.3, -0.25) is 9.78 Å². The SMILES string of the molecule is COc1ccc(Nc2cnc(N)[nH]c2=O)cc1. The number of nitrogens with two attached hydrogens (primary N) is 1. The monoisotopic (exact) mass is 232 g/mol. The Morgan fingerprint density at radius 2 is 2.06 bits per heavy atom. The number of anilines is 3. The lowest BCUT2D eigenvalue weighted by atomic mass is 10.3. The number of hydrogen-bond donors (Lipinski definition) is 3. The molecule has 0 saturated heterocycles. The molecule has 2 rings (SSSR count). The highest BCUT2D eigenvalue weighted by Crippen LogP contribution is 2.17. The first-order chi connectivity index (χ1) is 8.19. The first-order valence-corrected chi connectivity index (χ1v) is 4.95. The molecule has 17 heavy (non-hydrogen) atoms. The maximum atomic E-state index is 11.5. The molecule has 2 aromatic rings. The van der Waals surface area contributed by atoms with Gasteiger partial charge in [0.1, 0.15) is 11.4 Å². The van der Waals surface area contributed by atoms with Gasteiger partial charge in [-0.15, -0.1) is 0 Å². The third-order valence-electron chi connectivity index (χ3n) is 2.19. The maximum Gasteiger partial charge on any atom is 0.275 e. The summed E-state index contributed by atoms with van der Waals surface area (Å²) in [5, 5.41) is 2.93. The third kappa shape index (κ3) is 2.54. The summed E-state index contributed by atoms with van der Waals surface area (Å²) < 4.78 is 5.03. The number of hydrogen-bond acceptors (Lipinski definition) is 5. The summed E-state index contributed by atoms with van der Waals surface area (Å²) in [6, 6.07) is 7.19. The van der Waals surface area contributed by atoms with Gasteiger partial charge in [0, 0.05) is 5.69 Å². The van der Waals surface area contributed by atoms with Crippen molar-refractivity contribution >= 4 is 17.3 Å². The molecule has 0 atom stereocenters. The average molecular weight is 232 g/mol. The Bertz CT molecular complexity index is 562. The number of ether oxygens (including phenoxy) is 1. The highest BCUT2D eigenvalue weighted by atomic mass is 16.5. The van der Waals surface area contributed by atoms with Gasteiger partial charge in [-0.1, -0.05) is 0 Å². The van der Waals surface area contributed by atoms with Crippen molar-refractivity contribution in [3.63, 3.8) is 0 Å². The Morgan fingerprint density at radius 1 is 1.35 bits per heavy atom. The van der Waals surface area contributed by atoms with Gasteiger partial charge in [0.25, 0.3) is 5.56 Å². The summed E-state index contributed by atoms with van der Waals surface area (Å²) in [7, 11) is 1.59. The fraction of sp³-hybridized carbons (Fsp3) is 0.0909. The molecule has 0 radical (unpaired) electrons. The molecule has 0 bridgehead atoms. The summed E-state index contributed by atoms with van der Waals surface area (Å²) in [4.78, 5) is 17.7. The molecule has 6 heteroatoms. The summed E-state index contributed by atoms with van der Waals surface area (Å²) in [5.41, 5.74) is 6.14. The maximum absolute atomic E-state index is 11.5. The average Bonchev–Trinajstić information content (AvgIpc) is 2.34. The smallest absolute Gasteiger partial charge is 0.275 e. The third-order valence-corrected chi connectivity index (χ3v) is 2.19. The molecule has 6 nitrogen and oxygen atoms in total. The molecular formula is C11H12N4O2. The van der Waals surface area contributed by atoms with Gasteiger partial charge in [0.05, 0.1) is 13.3 Å². The number of H-pyrrole nitrogens is 1. The molecule has 0 aliphatic carbocycles. The van der Waals surface area contributed by atoms with Crippen molar-refractivity contribution in [2.45, 2.75) is 0 Å². The van der Waals surface area contributed by atoms with E-state index in [-0.39, 0.29) is 11.5 Å². The Morgan fingerprint density at radius 3 is 2.65 bits per heavy atom. The second kappa shape index (κ2) is 4.56. The van der Waals surface area contributed by atoms with Gasteiger partial charge in [-0.25, -0.2) is 4.98 Å². The minimum Gasteiger partial charge on any atom is -0.497 e. The lowest BCUT2D eigenvalue weighted by molar-refractivity contribution is 0.415. The molecular weight excluding hydrogens is 220 g/mol. The number of rotatable bonds is 3. The number of methoxy groups -OCH3 is 1. The second-order valence-electron chi connectivity index (χ2n) is 3.36. The molecule has 0 aliphatic rings. The van der Waals surface area contributed by atoms with Crippen LogP contribution in [0.25, 0.3) is 0 Å². The summed E-state index contributed by atoms with van der Waals surface area (Å²) in [5.74, 6) is 0.843. The van der Waals surface area contributed by atoms with Crippen LogP contribution in [0.2, 0.25) is 0 Å². The van der Waals surface area contributed by atoms with Crippen LogP contribution in [-0.2, 0) is 0 Å². The van der Waals surface area contributed by atoms with E-state index in [4.69, 9.17) is 10.5 Å². The van der Waals surface area contributed by atoms with E-state index in [2.05, 4.69) is 15.3 Å². The molecule has 1 aromatic heterocycles. The summed E-state index contributed by atoms with van der Waals surface area (Å²) in [6.45, 7) is 0. The van der Waals surface area contributed by atoms with Crippen LogP contribution in [0.5, 0.6) is 5.75 Å². The minimum absolute atomic E-state index is 0.0929. The lowest BCUT2D eigenvalue weighted by Gasteiger charge is -2.06. The Labute approximate surface area is 97.5 Å². The van der Waals surface area contributed by atoms with E-state index in [0.717, 1.165) is 11.4 Å². The van der Waals surface area contributed by atoms with Crippen LogP contribution in [0.4, 0.5) is 17.3 Å². The predicted octanol–water partition coefficient (Wildman–Crippen LogP) is 1.10. The zero-order chi connectivity index (χ0) is 12.3. The Balaban J connectivity index is 2.22. The number of aromatic nitrogens is 2. The van der Waals surface area contributed by atoms with Crippen LogP contribution >= 0.6 is 0 Å². The quantitative estimate of drug-likeness (QED) is 0.737. The van der Waals surface area contributed by atoms with E-state index in [1.54, 1.807) is 31.4 Å². The van der Waals surface area contributed by atoms with Crippen LogP contribution in [0.15, 0.2) is 35.3 Å². The first kappa shape index (κ1) is 11.0. The molecule has 1 heterocycles. The zero-order valence-corrected chi connectivity index (χ0v) is 9.23.